The summed E-state index contributed by atoms with van der Waals surface area (Å²) in [6.07, 6.45) is 1.85. The fourth-order valence-electron chi connectivity index (χ4n) is 2.11. The highest BCUT2D eigenvalue weighted by atomic mass is 35.5. The summed E-state index contributed by atoms with van der Waals surface area (Å²) >= 11 is 5.89. The minimum Gasteiger partial charge on any atom is -0.385 e. The maximum Gasteiger partial charge on any atom is 0.0564 e. The van der Waals surface area contributed by atoms with Crippen molar-refractivity contribution in [1.82, 2.24) is 9.88 Å². The molecule has 0 amide bonds. The third-order valence-electron chi connectivity index (χ3n) is 3.00. The van der Waals surface area contributed by atoms with E-state index in [4.69, 9.17) is 11.6 Å². The molecule has 1 aromatic heterocycles. The van der Waals surface area contributed by atoms with Crippen LogP contribution in [-0.4, -0.2) is 23.5 Å². The zero-order valence-corrected chi connectivity index (χ0v) is 12.7. The van der Waals surface area contributed by atoms with Gasteiger partial charge in [0.05, 0.1) is 5.69 Å². The zero-order valence-electron chi connectivity index (χ0n) is 11.9. The first-order valence-corrected chi connectivity index (χ1v) is 7.17. The van der Waals surface area contributed by atoms with Gasteiger partial charge in [0.2, 0.25) is 0 Å². The van der Waals surface area contributed by atoms with Gasteiger partial charge < -0.3 is 5.32 Å². The number of hydrogen-bond acceptors (Lipinski definition) is 3. The third kappa shape index (κ3) is 4.51. The Hall–Kier alpha value is -1.58. The van der Waals surface area contributed by atoms with Gasteiger partial charge in [-0.2, -0.15) is 0 Å². The highest BCUT2D eigenvalue weighted by molar-refractivity contribution is 6.30. The molecule has 1 aromatic carbocycles. The summed E-state index contributed by atoms with van der Waals surface area (Å²) in [6.45, 7) is 4.71. The van der Waals surface area contributed by atoms with Crippen molar-refractivity contribution < 1.29 is 0 Å². The average Bonchev–Trinajstić information content (AvgIpc) is 2.42. The normalized spacial score (nSPS) is 10.8. The molecule has 1 N–H and O–H groups in total. The quantitative estimate of drug-likeness (QED) is 0.877. The SMILES string of the molecule is CCNc1ccnc(CN(C)Cc2ccc(Cl)cc2)c1. The lowest BCUT2D eigenvalue weighted by molar-refractivity contribution is 0.315. The molecule has 0 aliphatic heterocycles. The molecule has 20 heavy (non-hydrogen) atoms. The van der Waals surface area contributed by atoms with Crippen molar-refractivity contribution >= 4 is 17.3 Å². The Bertz CT molecular complexity index is 540. The Kier molecular flexibility index (Phi) is 5.39. The number of anilines is 1. The molecule has 0 atom stereocenters. The van der Waals surface area contributed by atoms with E-state index in [1.54, 1.807) is 0 Å². The van der Waals surface area contributed by atoms with Gasteiger partial charge in [0.25, 0.3) is 0 Å². The molecule has 0 unspecified atom stereocenters. The number of aromatic nitrogens is 1. The second kappa shape index (κ2) is 7.27. The Morgan fingerprint density at radius 1 is 1.15 bits per heavy atom. The van der Waals surface area contributed by atoms with E-state index in [0.29, 0.717) is 0 Å². The van der Waals surface area contributed by atoms with Crippen molar-refractivity contribution in [2.75, 3.05) is 18.9 Å². The summed E-state index contributed by atoms with van der Waals surface area (Å²) in [5.41, 5.74) is 3.44. The van der Waals surface area contributed by atoms with Gasteiger partial charge in [-0.15, -0.1) is 0 Å². The summed E-state index contributed by atoms with van der Waals surface area (Å²) < 4.78 is 0. The molecule has 0 fully saturated rings. The molecule has 0 bridgehead atoms. The lowest BCUT2D eigenvalue weighted by Crippen LogP contribution is -2.18. The lowest BCUT2D eigenvalue weighted by Gasteiger charge is -2.17. The standard InChI is InChI=1S/C16H20ClN3/c1-3-18-15-8-9-19-16(10-15)12-20(2)11-13-4-6-14(17)7-5-13/h4-10H,3,11-12H2,1-2H3,(H,18,19). The van der Waals surface area contributed by atoms with Crippen LogP contribution in [0.25, 0.3) is 0 Å². The monoisotopic (exact) mass is 289 g/mol. The summed E-state index contributed by atoms with van der Waals surface area (Å²) in [4.78, 5) is 6.65. The van der Waals surface area contributed by atoms with Crippen molar-refractivity contribution in [3.63, 3.8) is 0 Å². The summed E-state index contributed by atoms with van der Waals surface area (Å²) in [5, 5.41) is 4.08. The molecule has 1 heterocycles. The topological polar surface area (TPSA) is 28.2 Å². The molecule has 0 saturated carbocycles. The van der Waals surface area contributed by atoms with Gasteiger partial charge in [-0.05, 0) is 43.8 Å². The predicted octanol–water partition coefficient (Wildman–Crippen LogP) is 3.80. The van der Waals surface area contributed by atoms with Crippen LogP contribution in [0.4, 0.5) is 5.69 Å². The second-order valence-corrected chi connectivity index (χ2v) is 5.30. The first-order chi connectivity index (χ1) is 9.67. The first-order valence-electron chi connectivity index (χ1n) is 6.79. The Morgan fingerprint density at radius 3 is 2.60 bits per heavy atom. The van der Waals surface area contributed by atoms with E-state index in [0.717, 1.165) is 36.0 Å². The van der Waals surface area contributed by atoms with E-state index >= 15 is 0 Å². The molecular weight excluding hydrogens is 270 g/mol. The van der Waals surface area contributed by atoms with Crippen molar-refractivity contribution in [1.29, 1.82) is 0 Å². The Balaban J connectivity index is 1.95. The summed E-state index contributed by atoms with van der Waals surface area (Å²) in [5.74, 6) is 0. The van der Waals surface area contributed by atoms with Crippen molar-refractivity contribution in [3.05, 3.63) is 58.9 Å². The van der Waals surface area contributed by atoms with Crippen molar-refractivity contribution in [3.8, 4) is 0 Å². The van der Waals surface area contributed by atoms with Crippen LogP contribution in [-0.2, 0) is 13.1 Å². The molecule has 2 aromatic rings. The summed E-state index contributed by atoms with van der Waals surface area (Å²) in [6, 6.07) is 12.1. The number of nitrogens with zero attached hydrogens (tertiary/aromatic N) is 2. The van der Waals surface area contributed by atoms with Crippen LogP contribution in [0.5, 0.6) is 0 Å². The molecule has 0 spiro atoms. The minimum absolute atomic E-state index is 0.774. The average molecular weight is 290 g/mol. The van der Waals surface area contributed by atoms with E-state index in [1.807, 2.05) is 24.4 Å². The van der Waals surface area contributed by atoms with Crippen LogP contribution in [0.3, 0.4) is 0 Å². The molecule has 3 nitrogen and oxygen atoms in total. The Morgan fingerprint density at radius 2 is 1.90 bits per heavy atom. The number of benzene rings is 1. The van der Waals surface area contributed by atoms with Crippen molar-refractivity contribution in [2.24, 2.45) is 0 Å². The van der Waals surface area contributed by atoms with Crippen LogP contribution in [0.2, 0.25) is 5.02 Å². The molecule has 4 heteroatoms. The van der Waals surface area contributed by atoms with Crippen LogP contribution >= 0.6 is 11.6 Å². The number of hydrogen-bond donors (Lipinski definition) is 1. The highest BCUT2D eigenvalue weighted by Gasteiger charge is 2.04. The van der Waals surface area contributed by atoms with Crippen LogP contribution in [0.1, 0.15) is 18.2 Å². The highest BCUT2D eigenvalue weighted by Crippen LogP contribution is 2.13. The van der Waals surface area contributed by atoms with E-state index in [-0.39, 0.29) is 0 Å². The van der Waals surface area contributed by atoms with Gasteiger partial charge in [-0.3, -0.25) is 9.88 Å². The molecule has 0 saturated heterocycles. The molecular formula is C16H20ClN3. The molecule has 2 rings (SSSR count). The van der Waals surface area contributed by atoms with Gasteiger partial charge in [-0.1, -0.05) is 23.7 Å². The van der Waals surface area contributed by atoms with Crippen LogP contribution < -0.4 is 5.32 Å². The van der Waals surface area contributed by atoms with Crippen molar-refractivity contribution in [2.45, 2.75) is 20.0 Å². The maximum atomic E-state index is 5.89. The molecule has 0 aliphatic rings. The minimum atomic E-state index is 0.774. The molecule has 106 valence electrons. The van der Waals surface area contributed by atoms with E-state index in [9.17, 15) is 0 Å². The van der Waals surface area contributed by atoms with Crippen LogP contribution in [0, 0.1) is 0 Å². The number of pyridine rings is 1. The van der Waals surface area contributed by atoms with Crippen LogP contribution in [0.15, 0.2) is 42.6 Å². The van der Waals surface area contributed by atoms with Gasteiger partial charge in [-0.25, -0.2) is 0 Å². The fraction of sp³-hybridized carbons (Fsp3) is 0.312. The van der Waals surface area contributed by atoms with Gasteiger partial charge >= 0.3 is 0 Å². The first kappa shape index (κ1) is 14.8. The molecule has 0 radical (unpaired) electrons. The largest absolute Gasteiger partial charge is 0.385 e. The zero-order chi connectivity index (χ0) is 14.4. The smallest absolute Gasteiger partial charge is 0.0564 e. The Labute approximate surface area is 125 Å². The van der Waals surface area contributed by atoms with E-state index in [1.165, 1.54) is 5.56 Å². The lowest BCUT2D eigenvalue weighted by atomic mass is 10.2. The number of halogens is 1. The third-order valence-corrected chi connectivity index (χ3v) is 3.25. The maximum absolute atomic E-state index is 5.89. The predicted molar refractivity (Wildman–Crippen MR) is 85.0 cm³/mol. The number of nitrogens with one attached hydrogen (secondary N) is 1. The summed E-state index contributed by atoms with van der Waals surface area (Å²) in [7, 11) is 2.09. The van der Waals surface area contributed by atoms with Gasteiger partial charge in [0, 0.05) is 36.5 Å². The van der Waals surface area contributed by atoms with E-state index in [2.05, 4.69) is 47.4 Å². The van der Waals surface area contributed by atoms with Gasteiger partial charge in [0.15, 0.2) is 0 Å². The fourth-order valence-corrected chi connectivity index (χ4v) is 2.24. The van der Waals surface area contributed by atoms with Gasteiger partial charge in [0.1, 0.15) is 0 Å². The second-order valence-electron chi connectivity index (χ2n) is 4.86. The van der Waals surface area contributed by atoms with E-state index < -0.39 is 0 Å². The number of rotatable bonds is 6. The molecule has 0 aliphatic carbocycles.